The second-order valence-electron chi connectivity index (χ2n) is 4.15. The van der Waals surface area contributed by atoms with E-state index >= 15 is 0 Å². The van der Waals surface area contributed by atoms with Crippen molar-refractivity contribution in [1.82, 2.24) is 5.32 Å². The van der Waals surface area contributed by atoms with Crippen molar-refractivity contribution in [2.24, 2.45) is 0 Å². The molecule has 0 fully saturated rings. The maximum atomic E-state index is 11.3. The van der Waals surface area contributed by atoms with Crippen molar-refractivity contribution < 1.29 is 23.1 Å². The third-order valence-corrected chi connectivity index (χ3v) is 4.58. The summed E-state index contributed by atoms with van der Waals surface area (Å²) in [6.45, 7) is 1.25. The van der Waals surface area contributed by atoms with Crippen LogP contribution in [0, 0.1) is 0 Å². The van der Waals surface area contributed by atoms with Crippen molar-refractivity contribution in [1.29, 1.82) is 0 Å². The third kappa shape index (κ3) is 5.22. The number of rotatable bonds is 6. The highest BCUT2D eigenvalue weighted by Gasteiger charge is 2.18. The number of carboxylic acid groups (broad SMARTS) is 1. The smallest absolute Gasteiger partial charge is 0.327 e. The normalized spacial score (nSPS) is 12.7. The highest BCUT2D eigenvalue weighted by atomic mass is 32.2. The zero-order valence-electron chi connectivity index (χ0n) is 11.0. The highest BCUT2D eigenvalue weighted by molar-refractivity contribution is 7.99. The molecule has 6 nitrogen and oxygen atoms in total. The minimum atomic E-state index is -3.24. The van der Waals surface area contributed by atoms with E-state index in [0.29, 0.717) is 0 Å². The molecular weight excluding hydrogens is 302 g/mol. The van der Waals surface area contributed by atoms with Crippen LogP contribution in [0.1, 0.15) is 6.92 Å². The zero-order valence-corrected chi connectivity index (χ0v) is 12.6. The standard InChI is InChI=1S/C12H15NO5S2/c1-8(14)13-11(12(15)16)7-19-9-3-5-10(6-4-9)20(2,17)18/h3-6,11H,7H2,1-2H3,(H,13,14)(H,15,16)/t11-/m0/s1. The largest absolute Gasteiger partial charge is 0.480 e. The summed E-state index contributed by atoms with van der Waals surface area (Å²) in [6.07, 6.45) is 1.12. The number of hydrogen-bond acceptors (Lipinski definition) is 5. The summed E-state index contributed by atoms with van der Waals surface area (Å²) in [7, 11) is -3.24. The van der Waals surface area contributed by atoms with Gasteiger partial charge in [-0.2, -0.15) is 0 Å². The van der Waals surface area contributed by atoms with Crippen LogP contribution in [0.3, 0.4) is 0 Å². The molecule has 1 aromatic rings. The lowest BCUT2D eigenvalue weighted by Gasteiger charge is -2.12. The average molecular weight is 317 g/mol. The van der Waals surface area contributed by atoms with Gasteiger partial charge in [0, 0.05) is 23.8 Å². The van der Waals surface area contributed by atoms with Gasteiger partial charge >= 0.3 is 5.97 Å². The van der Waals surface area contributed by atoms with E-state index in [4.69, 9.17) is 5.11 Å². The molecule has 0 saturated heterocycles. The fraction of sp³-hybridized carbons (Fsp3) is 0.333. The fourth-order valence-electron chi connectivity index (χ4n) is 1.38. The molecule has 2 N–H and O–H groups in total. The lowest BCUT2D eigenvalue weighted by atomic mass is 10.3. The molecule has 1 amide bonds. The number of carbonyl (C=O) groups excluding carboxylic acids is 1. The van der Waals surface area contributed by atoms with Gasteiger partial charge in [0.1, 0.15) is 6.04 Å². The molecule has 0 aliphatic carbocycles. The first kappa shape index (κ1) is 16.5. The maximum Gasteiger partial charge on any atom is 0.327 e. The predicted molar refractivity (Wildman–Crippen MR) is 75.5 cm³/mol. The van der Waals surface area contributed by atoms with E-state index < -0.39 is 27.8 Å². The molecule has 0 aromatic heterocycles. The number of nitrogens with one attached hydrogen (secondary N) is 1. The molecule has 110 valence electrons. The Labute approximate surface area is 121 Å². The first-order valence-electron chi connectivity index (χ1n) is 5.63. The number of aliphatic carboxylic acids is 1. The maximum absolute atomic E-state index is 11.3. The second-order valence-corrected chi connectivity index (χ2v) is 7.26. The lowest BCUT2D eigenvalue weighted by Crippen LogP contribution is -2.41. The van der Waals surface area contributed by atoms with Crippen LogP contribution in [0.5, 0.6) is 0 Å². The monoisotopic (exact) mass is 317 g/mol. The highest BCUT2D eigenvalue weighted by Crippen LogP contribution is 2.21. The number of thioether (sulfide) groups is 1. The Bertz CT molecular complexity index is 595. The Morgan fingerprint density at radius 2 is 1.85 bits per heavy atom. The van der Waals surface area contributed by atoms with Crippen LogP contribution < -0.4 is 5.32 Å². The molecule has 0 radical (unpaired) electrons. The number of carbonyl (C=O) groups is 2. The van der Waals surface area contributed by atoms with Gasteiger partial charge in [-0.05, 0) is 24.3 Å². The zero-order chi connectivity index (χ0) is 15.3. The van der Waals surface area contributed by atoms with Gasteiger partial charge in [0.25, 0.3) is 0 Å². The van der Waals surface area contributed by atoms with Crippen molar-refractivity contribution in [3.8, 4) is 0 Å². The van der Waals surface area contributed by atoms with Gasteiger partial charge < -0.3 is 10.4 Å². The van der Waals surface area contributed by atoms with E-state index in [9.17, 15) is 18.0 Å². The number of benzene rings is 1. The molecule has 0 aliphatic rings. The predicted octanol–water partition coefficient (Wildman–Crippen LogP) is 0.772. The lowest BCUT2D eigenvalue weighted by molar-refractivity contribution is -0.140. The van der Waals surface area contributed by atoms with Crippen LogP contribution in [-0.4, -0.2) is 43.5 Å². The summed E-state index contributed by atoms with van der Waals surface area (Å²) in [4.78, 5) is 22.7. The molecule has 0 bridgehead atoms. The fourth-order valence-corrected chi connectivity index (χ4v) is 2.93. The van der Waals surface area contributed by atoms with E-state index in [1.807, 2.05) is 0 Å². The quantitative estimate of drug-likeness (QED) is 0.752. The topological polar surface area (TPSA) is 101 Å². The van der Waals surface area contributed by atoms with Crippen molar-refractivity contribution in [3.63, 3.8) is 0 Å². The summed E-state index contributed by atoms with van der Waals surface area (Å²) in [5, 5.41) is 11.3. The molecule has 0 spiro atoms. The van der Waals surface area contributed by atoms with E-state index in [1.54, 1.807) is 12.1 Å². The number of carboxylic acids is 1. The molecule has 20 heavy (non-hydrogen) atoms. The Morgan fingerprint density at radius 1 is 1.30 bits per heavy atom. The van der Waals surface area contributed by atoms with Gasteiger partial charge in [-0.15, -0.1) is 11.8 Å². The first-order chi connectivity index (χ1) is 9.20. The Balaban J connectivity index is 2.69. The van der Waals surface area contributed by atoms with E-state index in [0.717, 1.165) is 11.2 Å². The Kier molecular flexibility index (Phi) is 5.58. The van der Waals surface area contributed by atoms with Gasteiger partial charge in [-0.25, -0.2) is 13.2 Å². The van der Waals surface area contributed by atoms with Crippen LogP contribution in [0.25, 0.3) is 0 Å². The van der Waals surface area contributed by atoms with Crippen LogP contribution >= 0.6 is 11.8 Å². The minimum Gasteiger partial charge on any atom is -0.480 e. The number of sulfone groups is 1. The average Bonchev–Trinajstić information content (AvgIpc) is 2.33. The molecule has 1 atom stereocenters. The molecule has 1 aromatic carbocycles. The van der Waals surface area contributed by atoms with Crippen molar-refractivity contribution in [2.45, 2.75) is 22.8 Å². The van der Waals surface area contributed by atoms with Gasteiger partial charge in [-0.1, -0.05) is 0 Å². The summed E-state index contributed by atoms with van der Waals surface area (Å²) < 4.78 is 22.6. The molecule has 0 aliphatic heterocycles. The van der Waals surface area contributed by atoms with E-state index in [-0.39, 0.29) is 10.6 Å². The van der Waals surface area contributed by atoms with Gasteiger partial charge in [0.05, 0.1) is 4.90 Å². The number of amides is 1. The summed E-state index contributed by atoms with van der Waals surface area (Å²) in [6, 6.07) is 5.16. The summed E-state index contributed by atoms with van der Waals surface area (Å²) in [5.74, 6) is -1.36. The molecule has 0 unspecified atom stereocenters. The van der Waals surface area contributed by atoms with Gasteiger partial charge in [0.15, 0.2) is 9.84 Å². The van der Waals surface area contributed by atoms with E-state index in [2.05, 4.69) is 5.32 Å². The van der Waals surface area contributed by atoms with Crippen molar-refractivity contribution in [3.05, 3.63) is 24.3 Å². The Morgan fingerprint density at radius 3 is 2.25 bits per heavy atom. The third-order valence-electron chi connectivity index (χ3n) is 2.34. The molecule has 0 heterocycles. The second kappa shape index (κ2) is 6.76. The Hall–Kier alpha value is -1.54. The van der Waals surface area contributed by atoms with Crippen molar-refractivity contribution in [2.75, 3.05) is 12.0 Å². The molecule has 0 saturated carbocycles. The number of hydrogen-bond donors (Lipinski definition) is 2. The first-order valence-corrected chi connectivity index (χ1v) is 8.50. The molecule has 8 heteroatoms. The van der Waals surface area contributed by atoms with Crippen LogP contribution in [0.4, 0.5) is 0 Å². The SMILES string of the molecule is CC(=O)N[C@@H](CSc1ccc(S(C)(=O)=O)cc1)C(=O)O. The summed E-state index contributed by atoms with van der Waals surface area (Å²) >= 11 is 1.23. The summed E-state index contributed by atoms with van der Waals surface area (Å²) in [5.41, 5.74) is 0. The van der Waals surface area contributed by atoms with Crippen LogP contribution in [-0.2, 0) is 19.4 Å². The van der Waals surface area contributed by atoms with Crippen LogP contribution in [0.15, 0.2) is 34.1 Å². The van der Waals surface area contributed by atoms with E-state index in [1.165, 1.54) is 30.8 Å². The van der Waals surface area contributed by atoms with Crippen LogP contribution in [0.2, 0.25) is 0 Å². The van der Waals surface area contributed by atoms with Gasteiger partial charge in [-0.3, -0.25) is 4.79 Å². The van der Waals surface area contributed by atoms with Gasteiger partial charge in [0.2, 0.25) is 5.91 Å². The van der Waals surface area contributed by atoms with Crippen molar-refractivity contribution >= 4 is 33.5 Å². The molecule has 1 rings (SSSR count). The molecular formula is C12H15NO5S2. The minimum absolute atomic E-state index is 0.160.